The Morgan fingerprint density at radius 3 is 2.85 bits per heavy atom. The van der Waals surface area contributed by atoms with Crippen molar-refractivity contribution in [3.05, 3.63) is 35.4 Å². The van der Waals surface area contributed by atoms with Crippen molar-refractivity contribution >= 4 is 34.6 Å². The number of rotatable bonds is 2. The number of urea groups is 1. The van der Waals surface area contributed by atoms with Gasteiger partial charge in [0.25, 0.3) is 0 Å². The van der Waals surface area contributed by atoms with Crippen molar-refractivity contribution in [3.63, 3.8) is 0 Å². The van der Waals surface area contributed by atoms with E-state index in [0.29, 0.717) is 20.4 Å². The van der Waals surface area contributed by atoms with Crippen LogP contribution in [-0.2, 0) is 0 Å². The molecule has 0 bridgehead atoms. The number of aromatic nitrogens is 2. The minimum atomic E-state index is -0.429. The molecule has 2 rings (SSSR count). The van der Waals surface area contributed by atoms with Crippen LogP contribution in [0.1, 0.15) is 4.88 Å². The Morgan fingerprint density at radius 1 is 1.35 bits per heavy atom. The third-order valence-electron chi connectivity index (χ3n) is 2.20. The second-order valence-corrected chi connectivity index (χ2v) is 5.02. The van der Waals surface area contributed by atoms with Gasteiger partial charge >= 0.3 is 6.03 Å². The largest absolute Gasteiger partial charge is 0.340 e. The summed E-state index contributed by atoms with van der Waals surface area (Å²) in [4.78, 5) is 19.9. The van der Waals surface area contributed by atoms with Crippen molar-refractivity contribution in [1.29, 1.82) is 0 Å². The van der Waals surface area contributed by atoms with E-state index >= 15 is 0 Å². The van der Waals surface area contributed by atoms with E-state index in [2.05, 4.69) is 26.1 Å². The molecule has 0 aliphatic carbocycles. The summed E-state index contributed by atoms with van der Waals surface area (Å²) in [5.41, 5.74) is 5.50. The molecule has 6 nitrogen and oxygen atoms in total. The maximum Gasteiger partial charge on any atom is 0.333 e. The number of amides is 2. The van der Waals surface area contributed by atoms with Gasteiger partial charge in [0.05, 0.1) is 11.1 Å². The Bertz CT molecular complexity index is 645. The highest BCUT2D eigenvalue weighted by molar-refractivity contribution is 7.81. The Balaban J connectivity index is 2.09. The summed E-state index contributed by atoms with van der Waals surface area (Å²) < 4.78 is 13.1. The van der Waals surface area contributed by atoms with E-state index in [4.69, 9.17) is 12.2 Å². The zero-order chi connectivity index (χ0) is 14.5. The van der Waals surface area contributed by atoms with Crippen LogP contribution < -0.4 is 16.2 Å². The van der Waals surface area contributed by atoms with E-state index in [1.165, 1.54) is 30.6 Å². The summed E-state index contributed by atoms with van der Waals surface area (Å²) in [6, 6.07) is 0.931. The van der Waals surface area contributed by atoms with Gasteiger partial charge in [0.1, 0.15) is 15.8 Å². The zero-order valence-corrected chi connectivity index (χ0v) is 11.9. The normalized spacial score (nSPS) is 9.90. The summed E-state index contributed by atoms with van der Waals surface area (Å²) >= 11 is 6.37. The minimum absolute atomic E-state index is 0.321. The maximum atomic E-state index is 13.1. The Hall–Kier alpha value is -2.13. The Labute approximate surface area is 123 Å². The topological polar surface area (TPSA) is 78.9 Å². The van der Waals surface area contributed by atoms with E-state index in [9.17, 15) is 9.18 Å². The fraction of sp³-hybridized carbons (Fsp3) is 0.0909. The lowest BCUT2D eigenvalue weighted by Crippen LogP contribution is -2.45. The van der Waals surface area contributed by atoms with Gasteiger partial charge in [-0.3, -0.25) is 15.8 Å². The zero-order valence-electron chi connectivity index (χ0n) is 10.3. The second kappa shape index (κ2) is 6.35. The molecule has 2 aromatic heterocycles. The van der Waals surface area contributed by atoms with Gasteiger partial charge in [0.2, 0.25) is 0 Å². The van der Waals surface area contributed by atoms with E-state index in [1.807, 2.05) is 0 Å². The number of thiocarbonyl (C=S) groups is 1. The molecule has 0 radical (unpaired) electrons. The molecular weight excluding hydrogens is 301 g/mol. The van der Waals surface area contributed by atoms with Crippen molar-refractivity contribution in [1.82, 2.24) is 26.1 Å². The first kappa shape index (κ1) is 14.3. The lowest BCUT2D eigenvalue weighted by molar-refractivity contribution is 0.241. The SMILES string of the molecule is CNC(=O)NNC(=S)c1cnc(-c2cncc(F)c2)s1. The highest BCUT2D eigenvalue weighted by atomic mass is 32.1. The fourth-order valence-corrected chi connectivity index (χ4v) is 2.30. The molecule has 2 aromatic rings. The number of carbonyl (C=O) groups excluding carboxylic acids is 1. The molecule has 0 atom stereocenters. The highest BCUT2D eigenvalue weighted by Gasteiger charge is 2.10. The molecule has 0 aromatic carbocycles. The van der Waals surface area contributed by atoms with Crippen LogP contribution in [0.5, 0.6) is 0 Å². The first-order chi connectivity index (χ1) is 9.60. The smallest absolute Gasteiger partial charge is 0.333 e. The number of carbonyl (C=O) groups is 1. The summed E-state index contributed by atoms with van der Waals surface area (Å²) in [5, 5.41) is 2.97. The van der Waals surface area contributed by atoms with Crippen LogP contribution >= 0.6 is 23.6 Å². The van der Waals surface area contributed by atoms with Crippen LogP contribution in [0, 0.1) is 5.82 Å². The number of hydrazine groups is 1. The average Bonchev–Trinajstić information content (AvgIpc) is 2.94. The molecule has 3 N–H and O–H groups in total. The number of hydrogen-bond donors (Lipinski definition) is 3. The minimum Gasteiger partial charge on any atom is -0.340 e. The van der Waals surface area contributed by atoms with E-state index in [1.54, 1.807) is 6.20 Å². The molecule has 0 saturated heterocycles. The van der Waals surface area contributed by atoms with Gasteiger partial charge in [-0.1, -0.05) is 12.2 Å². The lowest BCUT2D eigenvalue weighted by Gasteiger charge is -2.06. The van der Waals surface area contributed by atoms with Crippen molar-refractivity contribution < 1.29 is 9.18 Å². The van der Waals surface area contributed by atoms with Gasteiger partial charge in [-0.15, -0.1) is 11.3 Å². The molecule has 2 amide bonds. The van der Waals surface area contributed by atoms with Crippen molar-refractivity contribution in [2.24, 2.45) is 0 Å². The standard InChI is InChI=1S/C11H10FN5OS2/c1-13-11(18)17-16-9(19)8-5-15-10(20-8)6-2-7(12)4-14-3-6/h2-5H,1H3,(H,16,19)(H2,13,17,18). The first-order valence-corrected chi connectivity index (χ1v) is 6.67. The summed E-state index contributed by atoms with van der Waals surface area (Å²) in [6.07, 6.45) is 4.19. The summed E-state index contributed by atoms with van der Waals surface area (Å²) in [6.45, 7) is 0. The van der Waals surface area contributed by atoms with Crippen LogP contribution in [0.25, 0.3) is 10.6 Å². The van der Waals surface area contributed by atoms with E-state index in [-0.39, 0.29) is 0 Å². The molecule has 0 fully saturated rings. The number of thiazole rings is 1. The maximum absolute atomic E-state index is 13.1. The number of nitrogens with one attached hydrogen (secondary N) is 3. The molecule has 0 saturated carbocycles. The number of nitrogens with zero attached hydrogens (tertiary/aromatic N) is 2. The van der Waals surface area contributed by atoms with Crippen molar-refractivity contribution in [3.8, 4) is 10.6 Å². The molecule has 0 aliphatic rings. The molecular formula is C11H10FN5OS2. The van der Waals surface area contributed by atoms with Gasteiger partial charge < -0.3 is 5.32 Å². The number of halogens is 1. The second-order valence-electron chi connectivity index (χ2n) is 3.58. The van der Waals surface area contributed by atoms with Crippen LogP contribution in [0.3, 0.4) is 0 Å². The quantitative estimate of drug-likeness (QED) is 0.578. The number of hydrogen-bond acceptors (Lipinski definition) is 5. The summed E-state index contributed by atoms with van der Waals surface area (Å²) in [5.74, 6) is -0.429. The predicted octanol–water partition coefficient (Wildman–Crippen LogP) is 1.45. The molecule has 0 spiro atoms. The monoisotopic (exact) mass is 311 g/mol. The van der Waals surface area contributed by atoms with Crippen molar-refractivity contribution in [2.75, 3.05) is 7.05 Å². The molecule has 104 valence electrons. The van der Waals surface area contributed by atoms with E-state index < -0.39 is 11.8 Å². The molecule has 2 heterocycles. The number of pyridine rings is 1. The summed E-state index contributed by atoms with van der Waals surface area (Å²) in [7, 11) is 1.49. The molecule has 9 heteroatoms. The van der Waals surface area contributed by atoms with Crippen LogP contribution in [0.15, 0.2) is 24.7 Å². The lowest BCUT2D eigenvalue weighted by atomic mass is 10.3. The Kier molecular flexibility index (Phi) is 4.53. The molecule has 0 aliphatic heterocycles. The molecule has 0 unspecified atom stereocenters. The van der Waals surface area contributed by atoms with Gasteiger partial charge in [0.15, 0.2) is 0 Å². The fourth-order valence-electron chi connectivity index (χ4n) is 1.28. The highest BCUT2D eigenvalue weighted by Crippen LogP contribution is 2.24. The first-order valence-electron chi connectivity index (χ1n) is 5.45. The third kappa shape index (κ3) is 3.45. The average molecular weight is 311 g/mol. The van der Waals surface area contributed by atoms with Gasteiger partial charge in [-0.25, -0.2) is 14.2 Å². The van der Waals surface area contributed by atoms with Gasteiger partial charge in [-0.2, -0.15) is 0 Å². The third-order valence-corrected chi connectivity index (χ3v) is 3.71. The van der Waals surface area contributed by atoms with Crippen LogP contribution in [-0.4, -0.2) is 28.0 Å². The molecule has 20 heavy (non-hydrogen) atoms. The van der Waals surface area contributed by atoms with Gasteiger partial charge in [0, 0.05) is 25.0 Å². The van der Waals surface area contributed by atoms with Gasteiger partial charge in [-0.05, 0) is 6.07 Å². The van der Waals surface area contributed by atoms with E-state index in [0.717, 1.165) is 6.20 Å². The van der Waals surface area contributed by atoms with Crippen LogP contribution in [0.2, 0.25) is 0 Å². The Morgan fingerprint density at radius 2 is 2.15 bits per heavy atom. The van der Waals surface area contributed by atoms with Crippen LogP contribution in [0.4, 0.5) is 9.18 Å². The predicted molar refractivity (Wildman–Crippen MR) is 77.7 cm³/mol. The van der Waals surface area contributed by atoms with Crippen molar-refractivity contribution in [2.45, 2.75) is 0 Å².